The van der Waals surface area contributed by atoms with Gasteiger partial charge in [0.2, 0.25) is 0 Å². The molecule has 2 N–H and O–H groups in total. The maximum Gasteiger partial charge on any atom is 0.266 e. The molecule has 4 rings (SSSR count). The number of anilines is 2. The van der Waals surface area contributed by atoms with Gasteiger partial charge < -0.3 is 15.3 Å². The van der Waals surface area contributed by atoms with Gasteiger partial charge in [0.25, 0.3) is 6.43 Å². The van der Waals surface area contributed by atoms with E-state index in [1.54, 1.807) is 20.0 Å². The summed E-state index contributed by atoms with van der Waals surface area (Å²) in [4.78, 5) is 6.66. The highest BCUT2D eigenvalue weighted by Crippen LogP contribution is 2.33. The highest BCUT2D eigenvalue weighted by Gasteiger charge is 2.25. The zero-order valence-electron chi connectivity index (χ0n) is 17.3. The number of aromatic nitrogens is 3. The number of rotatable bonds is 6. The molecule has 1 saturated heterocycles. The molecule has 0 amide bonds. The molecule has 0 spiro atoms. The SMILES string of the molecule is Cc1nnc(N[C@H](C)c2cccc(C(F)F)c2F)c2cc(N3CCCC3CO)cnc12. The first-order valence-corrected chi connectivity index (χ1v) is 10.2. The second kappa shape index (κ2) is 8.66. The van der Waals surface area contributed by atoms with Crippen LogP contribution in [0.2, 0.25) is 0 Å². The van der Waals surface area contributed by atoms with Crippen molar-refractivity contribution in [2.75, 3.05) is 23.4 Å². The van der Waals surface area contributed by atoms with E-state index in [1.807, 2.05) is 6.07 Å². The molecule has 31 heavy (non-hydrogen) atoms. The van der Waals surface area contributed by atoms with Crippen LogP contribution >= 0.6 is 0 Å². The number of benzene rings is 1. The molecular weight excluding hydrogens is 407 g/mol. The van der Waals surface area contributed by atoms with Crippen LogP contribution in [0.15, 0.2) is 30.5 Å². The third-order valence-corrected chi connectivity index (χ3v) is 5.80. The normalized spacial score (nSPS) is 17.5. The number of nitrogens with one attached hydrogen (secondary N) is 1. The largest absolute Gasteiger partial charge is 0.394 e. The van der Waals surface area contributed by atoms with E-state index in [2.05, 4.69) is 25.4 Å². The summed E-state index contributed by atoms with van der Waals surface area (Å²) in [7, 11) is 0. The van der Waals surface area contributed by atoms with Gasteiger partial charge in [-0.3, -0.25) is 4.98 Å². The summed E-state index contributed by atoms with van der Waals surface area (Å²) in [6.45, 7) is 4.36. The second-order valence-corrected chi connectivity index (χ2v) is 7.81. The quantitative estimate of drug-likeness (QED) is 0.597. The Balaban J connectivity index is 1.71. The van der Waals surface area contributed by atoms with Gasteiger partial charge in [0.05, 0.1) is 47.3 Å². The number of nitrogens with zero attached hydrogens (tertiary/aromatic N) is 4. The summed E-state index contributed by atoms with van der Waals surface area (Å²) in [6.07, 6.45) is 0.756. The van der Waals surface area contributed by atoms with Gasteiger partial charge >= 0.3 is 0 Å². The van der Waals surface area contributed by atoms with Gasteiger partial charge in [0.1, 0.15) is 5.82 Å². The van der Waals surface area contributed by atoms with Gasteiger partial charge in [-0.15, -0.1) is 5.10 Å². The molecule has 3 aromatic rings. The van der Waals surface area contributed by atoms with E-state index in [-0.39, 0.29) is 18.2 Å². The van der Waals surface area contributed by atoms with Crippen LogP contribution in [0.1, 0.15) is 49.1 Å². The Bertz CT molecular complexity index is 1090. The van der Waals surface area contributed by atoms with Crippen LogP contribution in [0.5, 0.6) is 0 Å². The molecule has 0 bridgehead atoms. The minimum absolute atomic E-state index is 0.0386. The van der Waals surface area contributed by atoms with Crippen molar-refractivity contribution >= 4 is 22.4 Å². The molecule has 2 atom stereocenters. The molecule has 9 heteroatoms. The second-order valence-electron chi connectivity index (χ2n) is 7.81. The fraction of sp³-hybridized carbons (Fsp3) is 0.409. The van der Waals surface area contributed by atoms with E-state index in [9.17, 15) is 18.3 Å². The average molecular weight is 431 g/mol. The molecule has 164 valence electrons. The molecule has 0 saturated carbocycles. The molecule has 1 fully saturated rings. The van der Waals surface area contributed by atoms with E-state index in [0.29, 0.717) is 22.4 Å². The molecule has 1 aliphatic rings. The first-order chi connectivity index (χ1) is 14.9. The molecule has 6 nitrogen and oxygen atoms in total. The van der Waals surface area contributed by atoms with E-state index in [1.165, 1.54) is 12.1 Å². The minimum atomic E-state index is -2.89. The smallest absolute Gasteiger partial charge is 0.266 e. The molecule has 2 aromatic heterocycles. The number of pyridine rings is 1. The summed E-state index contributed by atoms with van der Waals surface area (Å²) in [6, 6.07) is 5.32. The summed E-state index contributed by atoms with van der Waals surface area (Å²) < 4.78 is 40.8. The Morgan fingerprint density at radius 1 is 1.26 bits per heavy atom. The Hall–Kier alpha value is -2.94. The van der Waals surface area contributed by atoms with Gasteiger partial charge in [0, 0.05) is 17.5 Å². The Morgan fingerprint density at radius 2 is 2.03 bits per heavy atom. The number of halogens is 3. The maximum absolute atomic E-state index is 14.6. The highest BCUT2D eigenvalue weighted by molar-refractivity contribution is 5.92. The van der Waals surface area contributed by atoms with Gasteiger partial charge in [0.15, 0.2) is 5.82 Å². The Kier molecular flexibility index (Phi) is 5.95. The molecule has 3 heterocycles. The topological polar surface area (TPSA) is 74.2 Å². The molecule has 0 radical (unpaired) electrons. The average Bonchev–Trinajstić information content (AvgIpc) is 3.24. The molecular formula is C22H24F3N5O. The van der Waals surface area contributed by atoms with Gasteiger partial charge in [-0.1, -0.05) is 18.2 Å². The summed E-state index contributed by atoms with van der Waals surface area (Å²) in [5.41, 5.74) is 1.65. The van der Waals surface area contributed by atoms with Crippen molar-refractivity contribution in [2.45, 2.75) is 45.2 Å². The van der Waals surface area contributed by atoms with E-state index in [4.69, 9.17) is 0 Å². The van der Waals surface area contributed by atoms with E-state index in [0.717, 1.165) is 31.1 Å². The predicted octanol–water partition coefficient (Wildman–Crippen LogP) is 4.54. The van der Waals surface area contributed by atoms with Crippen molar-refractivity contribution in [3.63, 3.8) is 0 Å². The van der Waals surface area contributed by atoms with Crippen LogP contribution in [0.3, 0.4) is 0 Å². The maximum atomic E-state index is 14.6. The minimum Gasteiger partial charge on any atom is -0.394 e. The van der Waals surface area contributed by atoms with Crippen LogP contribution in [0.4, 0.5) is 24.7 Å². The predicted molar refractivity (Wildman–Crippen MR) is 113 cm³/mol. The van der Waals surface area contributed by atoms with Gasteiger partial charge in [-0.2, -0.15) is 5.10 Å². The van der Waals surface area contributed by atoms with E-state index >= 15 is 0 Å². The highest BCUT2D eigenvalue weighted by atomic mass is 19.3. The lowest BCUT2D eigenvalue weighted by atomic mass is 10.0. The van der Waals surface area contributed by atoms with Crippen molar-refractivity contribution in [2.24, 2.45) is 0 Å². The lowest BCUT2D eigenvalue weighted by molar-refractivity contribution is 0.146. The monoisotopic (exact) mass is 431 g/mol. The van der Waals surface area contributed by atoms with Crippen molar-refractivity contribution in [1.29, 1.82) is 0 Å². The van der Waals surface area contributed by atoms with Crippen LogP contribution < -0.4 is 10.2 Å². The van der Waals surface area contributed by atoms with Crippen molar-refractivity contribution in [1.82, 2.24) is 15.2 Å². The summed E-state index contributed by atoms with van der Waals surface area (Å²) in [5.74, 6) is -0.535. The lowest BCUT2D eigenvalue weighted by Gasteiger charge is -2.25. The van der Waals surface area contributed by atoms with E-state index < -0.39 is 23.8 Å². The number of fused-ring (bicyclic) bond motifs is 1. The standard InChI is InChI=1S/C22H24F3N5O/c1-12(16-6-3-7-17(19(16)23)21(24)25)27-22-18-9-15(30-8-4-5-14(30)11-31)10-26-20(18)13(2)28-29-22/h3,6-7,9-10,12,14,21,31H,4-5,8,11H2,1-2H3,(H,27,29)/t12-,14?/m1/s1. The third-order valence-electron chi connectivity index (χ3n) is 5.80. The van der Waals surface area contributed by atoms with Crippen LogP contribution in [-0.2, 0) is 0 Å². The number of alkyl halides is 2. The van der Waals surface area contributed by atoms with Crippen LogP contribution in [0, 0.1) is 12.7 Å². The van der Waals surface area contributed by atoms with Crippen molar-refractivity contribution in [3.05, 3.63) is 53.1 Å². The van der Waals surface area contributed by atoms with Gasteiger partial charge in [-0.25, -0.2) is 13.2 Å². The molecule has 1 unspecified atom stereocenters. The van der Waals surface area contributed by atoms with Crippen LogP contribution in [-0.4, -0.2) is 39.5 Å². The van der Waals surface area contributed by atoms with Crippen molar-refractivity contribution in [3.8, 4) is 0 Å². The fourth-order valence-electron chi connectivity index (χ4n) is 4.13. The zero-order chi connectivity index (χ0) is 22.1. The molecule has 1 aromatic carbocycles. The first-order valence-electron chi connectivity index (χ1n) is 10.2. The third kappa shape index (κ3) is 4.01. The number of hydrogen-bond donors (Lipinski definition) is 2. The number of aliphatic hydroxyl groups excluding tert-OH is 1. The molecule has 0 aliphatic carbocycles. The zero-order valence-corrected chi connectivity index (χ0v) is 17.3. The summed E-state index contributed by atoms with van der Waals surface area (Å²) in [5, 5.41) is 21.8. The van der Waals surface area contributed by atoms with Gasteiger partial charge in [-0.05, 0) is 32.8 Å². The summed E-state index contributed by atoms with van der Waals surface area (Å²) >= 11 is 0. The van der Waals surface area contributed by atoms with Crippen molar-refractivity contribution < 1.29 is 18.3 Å². The number of aryl methyl sites for hydroxylation is 1. The Labute approximate surface area is 178 Å². The van der Waals surface area contributed by atoms with Crippen LogP contribution in [0.25, 0.3) is 10.9 Å². The molecule has 1 aliphatic heterocycles. The Morgan fingerprint density at radius 3 is 2.77 bits per heavy atom. The number of hydrogen-bond acceptors (Lipinski definition) is 6. The first kappa shape index (κ1) is 21.3. The number of aliphatic hydroxyl groups is 1. The lowest BCUT2D eigenvalue weighted by Crippen LogP contribution is -2.32. The fourth-order valence-corrected chi connectivity index (χ4v) is 4.13.